The highest BCUT2D eigenvalue weighted by Crippen LogP contribution is 2.31. The molecule has 1 amide bonds. The van der Waals surface area contributed by atoms with Gasteiger partial charge in [-0.3, -0.25) is 14.9 Å². The fourth-order valence-corrected chi connectivity index (χ4v) is 3.36. The molecule has 0 bridgehead atoms. The number of thiocarbonyl (C=S) groups is 1. The molecule has 0 aliphatic carbocycles. The largest absolute Gasteiger partial charge is 0.495 e. The van der Waals surface area contributed by atoms with E-state index in [1.807, 2.05) is 0 Å². The van der Waals surface area contributed by atoms with Gasteiger partial charge in [0.15, 0.2) is 5.11 Å². The Morgan fingerprint density at radius 1 is 1.03 bits per heavy atom. The van der Waals surface area contributed by atoms with Gasteiger partial charge in [-0.05, 0) is 42.0 Å². The lowest BCUT2D eigenvalue weighted by molar-refractivity contribution is -0.384. The van der Waals surface area contributed by atoms with E-state index in [1.54, 1.807) is 30.3 Å². The normalized spacial score (nSPS) is 11.8. The molecular weight excluding hydrogens is 485 g/mol. The molecule has 0 saturated heterocycles. The van der Waals surface area contributed by atoms with Gasteiger partial charge in [-0.2, -0.15) is 13.2 Å². The first-order chi connectivity index (χ1) is 16.6. The van der Waals surface area contributed by atoms with Crippen LogP contribution in [0.4, 0.5) is 30.2 Å². The van der Waals surface area contributed by atoms with Gasteiger partial charge in [0.05, 0.1) is 23.3 Å². The van der Waals surface area contributed by atoms with Crippen molar-refractivity contribution in [2.45, 2.75) is 12.2 Å². The Kier molecular flexibility index (Phi) is 7.87. The average molecular weight is 504 g/mol. The summed E-state index contributed by atoms with van der Waals surface area (Å²) in [5.74, 6) is -0.407. The number of anilines is 2. The number of nitro groups is 1. The van der Waals surface area contributed by atoms with Crippen LogP contribution in [0.5, 0.6) is 5.75 Å². The van der Waals surface area contributed by atoms with E-state index < -0.39 is 28.6 Å². The summed E-state index contributed by atoms with van der Waals surface area (Å²) in [6.45, 7) is 0. The quantitative estimate of drug-likeness (QED) is 0.228. The van der Waals surface area contributed by atoms with E-state index in [2.05, 4.69) is 16.0 Å². The first-order valence-corrected chi connectivity index (χ1v) is 10.4. The van der Waals surface area contributed by atoms with Gasteiger partial charge in [-0.15, -0.1) is 0 Å². The minimum absolute atomic E-state index is 0.0493. The van der Waals surface area contributed by atoms with Crippen molar-refractivity contribution >= 4 is 40.3 Å². The van der Waals surface area contributed by atoms with Crippen LogP contribution in [0.25, 0.3) is 0 Å². The Labute approximate surface area is 203 Å². The molecule has 0 spiro atoms. The zero-order valence-corrected chi connectivity index (χ0v) is 18.9. The molecule has 0 fully saturated rings. The maximum absolute atomic E-state index is 13.1. The molecule has 1 unspecified atom stereocenters. The third-order valence-electron chi connectivity index (χ3n) is 4.77. The van der Waals surface area contributed by atoms with Crippen molar-refractivity contribution in [2.24, 2.45) is 0 Å². The molecule has 8 nitrogen and oxygen atoms in total. The first-order valence-electron chi connectivity index (χ1n) is 10.0. The molecule has 3 rings (SSSR count). The van der Waals surface area contributed by atoms with Gasteiger partial charge in [0, 0.05) is 17.8 Å². The molecule has 3 aromatic carbocycles. The molecule has 12 heteroatoms. The zero-order valence-electron chi connectivity index (χ0n) is 18.1. The number of carbonyl (C=O) groups excluding carboxylic acids is 1. The van der Waals surface area contributed by atoms with Crippen LogP contribution < -0.4 is 20.7 Å². The Morgan fingerprint density at radius 3 is 2.37 bits per heavy atom. The zero-order chi connectivity index (χ0) is 25.6. The summed E-state index contributed by atoms with van der Waals surface area (Å²) in [5, 5.41) is 19.1. The van der Waals surface area contributed by atoms with E-state index in [4.69, 9.17) is 17.0 Å². The number of methoxy groups -OCH3 is 1. The molecule has 0 aliphatic rings. The molecule has 1 atom stereocenters. The van der Waals surface area contributed by atoms with Crippen LogP contribution in [0.15, 0.2) is 72.8 Å². The van der Waals surface area contributed by atoms with E-state index in [9.17, 15) is 28.1 Å². The van der Waals surface area contributed by atoms with Gasteiger partial charge in [-0.1, -0.05) is 36.4 Å². The lowest BCUT2D eigenvalue weighted by Crippen LogP contribution is -2.39. The van der Waals surface area contributed by atoms with Crippen LogP contribution in [0.3, 0.4) is 0 Å². The first kappa shape index (κ1) is 25.4. The van der Waals surface area contributed by atoms with E-state index in [-0.39, 0.29) is 27.9 Å². The predicted octanol–water partition coefficient (Wildman–Crippen LogP) is 5.29. The van der Waals surface area contributed by atoms with Crippen molar-refractivity contribution in [1.82, 2.24) is 5.32 Å². The van der Waals surface area contributed by atoms with Crippen LogP contribution in [0.2, 0.25) is 0 Å². The number of nitrogens with zero attached hydrogens (tertiary/aromatic N) is 1. The molecular formula is C23H19F3N4O4S. The molecule has 0 aliphatic heterocycles. The topological polar surface area (TPSA) is 106 Å². The lowest BCUT2D eigenvalue weighted by Gasteiger charge is -2.22. The van der Waals surface area contributed by atoms with Gasteiger partial charge in [0.2, 0.25) is 0 Å². The Bertz CT molecular complexity index is 1240. The fourth-order valence-electron chi connectivity index (χ4n) is 3.13. The number of nitro benzene ring substituents is 1. The van der Waals surface area contributed by atoms with Crippen LogP contribution >= 0.6 is 12.2 Å². The van der Waals surface area contributed by atoms with Crippen molar-refractivity contribution in [3.8, 4) is 5.75 Å². The van der Waals surface area contributed by atoms with Crippen molar-refractivity contribution in [3.05, 3.63) is 94.0 Å². The summed E-state index contributed by atoms with van der Waals surface area (Å²) in [6, 6.07) is 15.4. The Balaban J connectivity index is 1.84. The molecule has 3 aromatic rings. The maximum atomic E-state index is 13.1. The number of alkyl halides is 3. The fraction of sp³-hybridized carbons (Fsp3) is 0.130. The molecule has 35 heavy (non-hydrogen) atoms. The number of rotatable bonds is 7. The van der Waals surface area contributed by atoms with Crippen molar-refractivity contribution in [1.29, 1.82) is 0 Å². The van der Waals surface area contributed by atoms with E-state index >= 15 is 0 Å². The van der Waals surface area contributed by atoms with Gasteiger partial charge >= 0.3 is 6.18 Å². The standard InChI is InChI=1S/C23H19F3N4O4S/c1-34-19-11-10-17(30(32)33)13-18(19)28-22(35)29-20(14-6-3-2-4-7-14)21(31)27-16-9-5-8-15(12-16)23(24,25)26/h2-13,20H,1H3,(H,27,31)(H2,28,29,35). The minimum atomic E-state index is -4.57. The van der Waals surface area contributed by atoms with Gasteiger partial charge in [0.25, 0.3) is 11.6 Å². The number of benzene rings is 3. The molecule has 0 saturated carbocycles. The van der Waals surface area contributed by atoms with E-state index in [1.165, 1.54) is 37.4 Å². The van der Waals surface area contributed by atoms with Crippen molar-refractivity contribution in [2.75, 3.05) is 17.7 Å². The highest BCUT2D eigenvalue weighted by atomic mass is 32.1. The molecule has 0 heterocycles. The Hall–Kier alpha value is -4.19. The smallest absolute Gasteiger partial charge is 0.416 e. The Morgan fingerprint density at radius 2 is 1.74 bits per heavy atom. The second kappa shape index (κ2) is 10.8. The van der Waals surface area contributed by atoms with E-state index in [0.717, 1.165) is 12.1 Å². The van der Waals surface area contributed by atoms with Crippen molar-refractivity contribution in [3.63, 3.8) is 0 Å². The summed E-state index contributed by atoms with van der Waals surface area (Å²) in [4.78, 5) is 23.6. The minimum Gasteiger partial charge on any atom is -0.495 e. The number of nitrogens with one attached hydrogen (secondary N) is 3. The summed E-state index contributed by atoms with van der Waals surface area (Å²) in [6.07, 6.45) is -4.57. The van der Waals surface area contributed by atoms with Crippen molar-refractivity contribution < 1.29 is 27.6 Å². The number of hydrogen-bond donors (Lipinski definition) is 3. The number of amides is 1. The predicted molar refractivity (Wildman–Crippen MR) is 128 cm³/mol. The van der Waals surface area contributed by atoms with E-state index in [0.29, 0.717) is 5.56 Å². The second-order valence-electron chi connectivity index (χ2n) is 7.15. The maximum Gasteiger partial charge on any atom is 0.416 e. The SMILES string of the molecule is COc1ccc([N+](=O)[O-])cc1NC(=S)NC(C(=O)Nc1cccc(C(F)(F)F)c1)c1ccccc1. The molecule has 3 N–H and O–H groups in total. The van der Waals surface area contributed by atoms with Crippen LogP contribution in [0.1, 0.15) is 17.2 Å². The second-order valence-corrected chi connectivity index (χ2v) is 7.56. The van der Waals surface area contributed by atoms with Gasteiger partial charge in [0.1, 0.15) is 11.8 Å². The highest BCUT2D eigenvalue weighted by Gasteiger charge is 2.31. The van der Waals surface area contributed by atoms with Crippen LogP contribution in [0, 0.1) is 10.1 Å². The molecule has 0 aromatic heterocycles. The average Bonchev–Trinajstić information content (AvgIpc) is 2.82. The third-order valence-corrected chi connectivity index (χ3v) is 4.99. The summed E-state index contributed by atoms with van der Waals surface area (Å²) < 4.78 is 44.3. The van der Waals surface area contributed by atoms with Crippen LogP contribution in [-0.2, 0) is 11.0 Å². The highest BCUT2D eigenvalue weighted by molar-refractivity contribution is 7.80. The van der Waals surface area contributed by atoms with Crippen LogP contribution in [-0.4, -0.2) is 23.1 Å². The van der Waals surface area contributed by atoms with Gasteiger partial charge in [-0.25, -0.2) is 0 Å². The number of carbonyl (C=O) groups is 1. The number of hydrogen-bond acceptors (Lipinski definition) is 5. The summed E-state index contributed by atoms with van der Waals surface area (Å²) in [5.41, 5.74) is -0.504. The number of non-ortho nitro benzene ring substituents is 1. The molecule has 182 valence electrons. The third kappa shape index (κ3) is 6.67. The summed E-state index contributed by atoms with van der Waals surface area (Å²) >= 11 is 5.31. The lowest BCUT2D eigenvalue weighted by atomic mass is 10.1. The molecule has 0 radical (unpaired) electrons. The number of ether oxygens (including phenoxy) is 1. The monoisotopic (exact) mass is 504 g/mol. The van der Waals surface area contributed by atoms with Gasteiger partial charge < -0.3 is 20.7 Å². The summed E-state index contributed by atoms with van der Waals surface area (Å²) in [7, 11) is 1.37. The number of halogens is 3.